The Morgan fingerprint density at radius 1 is 1.26 bits per heavy atom. The van der Waals surface area contributed by atoms with Crippen LogP contribution in [-0.4, -0.2) is 12.1 Å². The molecule has 1 aromatic carbocycles. The van der Waals surface area contributed by atoms with Crippen molar-refractivity contribution in [1.82, 2.24) is 10.3 Å². The lowest BCUT2D eigenvalue weighted by Crippen LogP contribution is -2.22. The number of nitrogens with zero attached hydrogens (tertiary/aromatic N) is 1. The number of hydrogen-bond acceptors (Lipinski definition) is 4. The zero-order valence-electron chi connectivity index (χ0n) is 11.8. The summed E-state index contributed by atoms with van der Waals surface area (Å²) in [6, 6.07) is 8.30. The predicted molar refractivity (Wildman–Crippen MR) is 74.2 cm³/mol. The largest absolute Gasteiger partial charge is 0.497 e. The molecule has 0 spiro atoms. The Hall–Kier alpha value is -1.81. The van der Waals surface area contributed by atoms with Crippen molar-refractivity contribution < 1.29 is 9.15 Å². The van der Waals surface area contributed by atoms with E-state index in [1.807, 2.05) is 32.0 Å². The molecule has 0 bridgehead atoms. The first-order valence-electron chi connectivity index (χ1n) is 6.42. The molecule has 102 valence electrons. The normalized spacial score (nSPS) is 14.1. The molecule has 0 fully saturated rings. The van der Waals surface area contributed by atoms with Crippen LogP contribution in [-0.2, 0) is 0 Å². The first-order valence-corrected chi connectivity index (χ1v) is 6.42. The van der Waals surface area contributed by atoms with Gasteiger partial charge < -0.3 is 9.15 Å². The van der Waals surface area contributed by atoms with Crippen molar-refractivity contribution in [2.75, 3.05) is 7.11 Å². The summed E-state index contributed by atoms with van der Waals surface area (Å²) >= 11 is 0. The Morgan fingerprint density at radius 3 is 2.68 bits per heavy atom. The van der Waals surface area contributed by atoms with Crippen LogP contribution >= 0.6 is 0 Å². The van der Waals surface area contributed by atoms with E-state index in [9.17, 15) is 0 Å². The molecule has 0 aliphatic rings. The Labute approximate surface area is 113 Å². The van der Waals surface area contributed by atoms with E-state index in [1.54, 1.807) is 13.3 Å². The zero-order chi connectivity index (χ0) is 13.8. The molecular formula is C15H20N2O2. The van der Waals surface area contributed by atoms with Crippen molar-refractivity contribution in [3.63, 3.8) is 0 Å². The van der Waals surface area contributed by atoms with Gasteiger partial charge in [-0.2, -0.15) is 0 Å². The molecule has 2 rings (SSSR count). The van der Waals surface area contributed by atoms with E-state index in [-0.39, 0.29) is 12.1 Å². The lowest BCUT2D eigenvalue weighted by molar-refractivity contribution is 0.379. The highest BCUT2D eigenvalue weighted by Crippen LogP contribution is 2.22. The van der Waals surface area contributed by atoms with Crippen LogP contribution in [0.4, 0.5) is 0 Å². The number of aromatic nitrogens is 1. The third-order valence-electron chi connectivity index (χ3n) is 3.10. The number of rotatable bonds is 5. The van der Waals surface area contributed by atoms with Gasteiger partial charge in [-0.15, -0.1) is 0 Å². The van der Waals surface area contributed by atoms with Gasteiger partial charge in [-0.1, -0.05) is 12.1 Å². The van der Waals surface area contributed by atoms with Crippen LogP contribution in [0.1, 0.15) is 43.1 Å². The number of methoxy groups -OCH3 is 1. The Morgan fingerprint density at radius 2 is 2.05 bits per heavy atom. The number of aryl methyl sites for hydroxylation is 1. The molecule has 0 radical (unpaired) electrons. The molecule has 0 saturated heterocycles. The molecule has 4 heteroatoms. The van der Waals surface area contributed by atoms with Gasteiger partial charge in [0.2, 0.25) is 5.89 Å². The second kappa shape index (κ2) is 5.89. The van der Waals surface area contributed by atoms with E-state index >= 15 is 0 Å². The van der Waals surface area contributed by atoms with Crippen molar-refractivity contribution in [1.29, 1.82) is 0 Å². The Kier molecular flexibility index (Phi) is 4.22. The van der Waals surface area contributed by atoms with Gasteiger partial charge in [0.25, 0.3) is 0 Å². The van der Waals surface area contributed by atoms with Crippen LogP contribution in [0, 0.1) is 6.92 Å². The Balaban J connectivity index is 2.05. The highest BCUT2D eigenvalue weighted by Gasteiger charge is 2.15. The molecule has 19 heavy (non-hydrogen) atoms. The fraction of sp³-hybridized carbons (Fsp3) is 0.400. The number of oxazole rings is 1. The molecule has 0 saturated carbocycles. The van der Waals surface area contributed by atoms with Crippen LogP contribution < -0.4 is 10.1 Å². The van der Waals surface area contributed by atoms with Crippen LogP contribution in [0.5, 0.6) is 5.75 Å². The van der Waals surface area contributed by atoms with E-state index in [0.29, 0.717) is 5.89 Å². The monoisotopic (exact) mass is 260 g/mol. The SMILES string of the molecule is COc1cccc(C(C)NC(C)c2ncc(C)o2)c1. The molecule has 2 unspecified atom stereocenters. The van der Waals surface area contributed by atoms with Crippen LogP contribution in [0.25, 0.3) is 0 Å². The second-order valence-electron chi connectivity index (χ2n) is 4.70. The summed E-state index contributed by atoms with van der Waals surface area (Å²) in [6.07, 6.45) is 1.74. The first-order chi connectivity index (χ1) is 9.10. The first kappa shape index (κ1) is 13.6. The summed E-state index contributed by atoms with van der Waals surface area (Å²) < 4.78 is 10.8. The average molecular weight is 260 g/mol. The molecule has 1 N–H and O–H groups in total. The predicted octanol–water partition coefficient (Wildman–Crippen LogP) is 3.40. The van der Waals surface area contributed by atoms with Crippen LogP contribution in [0.2, 0.25) is 0 Å². The van der Waals surface area contributed by atoms with Gasteiger partial charge in [-0.25, -0.2) is 4.98 Å². The molecule has 0 aliphatic carbocycles. The van der Waals surface area contributed by atoms with Gasteiger partial charge in [0.1, 0.15) is 11.5 Å². The molecule has 2 aromatic rings. The summed E-state index contributed by atoms with van der Waals surface area (Å²) in [5.41, 5.74) is 1.18. The maximum absolute atomic E-state index is 5.53. The van der Waals surface area contributed by atoms with Crippen molar-refractivity contribution in [2.24, 2.45) is 0 Å². The number of nitrogens with one attached hydrogen (secondary N) is 1. The van der Waals surface area contributed by atoms with E-state index in [1.165, 1.54) is 5.56 Å². The fourth-order valence-electron chi connectivity index (χ4n) is 2.03. The topological polar surface area (TPSA) is 47.3 Å². The van der Waals surface area contributed by atoms with Crippen molar-refractivity contribution in [2.45, 2.75) is 32.9 Å². The standard InChI is InChI=1S/C15H20N2O2/c1-10-9-16-15(19-10)12(3)17-11(2)13-6-5-7-14(8-13)18-4/h5-9,11-12,17H,1-4H3. The molecule has 0 aliphatic heterocycles. The molecule has 0 amide bonds. The molecule has 2 atom stereocenters. The quantitative estimate of drug-likeness (QED) is 0.895. The van der Waals surface area contributed by atoms with E-state index in [2.05, 4.69) is 23.3 Å². The van der Waals surface area contributed by atoms with Gasteiger partial charge in [0.15, 0.2) is 0 Å². The van der Waals surface area contributed by atoms with E-state index < -0.39 is 0 Å². The van der Waals surface area contributed by atoms with E-state index in [4.69, 9.17) is 9.15 Å². The highest BCUT2D eigenvalue weighted by molar-refractivity contribution is 5.30. The number of hydrogen-bond donors (Lipinski definition) is 1. The lowest BCUT2D eigenvalue weighted by Gasteiger charge is -2.18. The average Bonchev–Trinajstić information content (AvgIpc) is 2.85. The second-order valence-corrected chi connectivity index (χ2v) is 4.70. The summed E-state index contributed by atoms with van der Waals surface area (Å²) in [6.45, 7) is 6.05. The van der Waals surface area contributed by atoms with Gasteiger partial charge in [-0.3, -0.25) is 5.32 Å². The minimum atomic E-state index is 0.0647. The lowest BCUT2D eigenvalue weighted by atomic mass is 10.1. The number of ether oxygens (including phenoxy) is 1. The van der Waals surface area contributed by atoms with Crippen molar-refractivity contribution in [3.8, 4) is 5.75 Å². The van der Waals surface area contributed by atoms with Gasteiger partial charge in [0, 0.05) is 6.04 Å². The summed E-state index contributed by atoms with van der Waals surface area (Å²) in [5.74, 6) is 2.41. The minimum Gasteiger partial charge on any atom is -0.497 e. The van der Waals surface area contributed by atoms with Gasteiger partial charge in [0.05, 0.1) is 19.3 Å². The van der Waals surface area contributed by atoms with Crippen LogP contribution in [0.15, 0.2) is 34.9 Å². The van der Waals surface area contributed by atoms with Gasteiger partial charge >= 0.3 is 0 Å². The number of benzene rings is 1. The summed E-state index contributed by atoms with van der Waals surface area (Å²) in [7, 11) is 1.68. The van der Waals surface area contributed by atoms with Gasteiger partial charge in [-0.05, 0) is 38.5 Å². The van der Waals surface area contributed by atoms with Crippen molar-refractivity contribution in [3.05, 3.63) is 47.7 Å². The van der Waals surface area contributed by atoms with Crippen molar-refractivity contribution >= 4 is 0 Å². The maximum Gasteiger partial charge on any atom is 0.211 e. The third-order valence-corrected chi connectivity index (χ3v) is 3.10. The fourth-order valence-corrected chi connectivity index (χ4v) is 2.03. The molecule has 1 heterocycles. The zero-order valence-corrected chi connectivity index (χ0v) is 11.8. The summed E-state index contributed by atoms with van der Waals surface area (Å²) in [4.78, 5) is 4.24. The molecule has 4 nitrogen and oxygen atoms in total. The van der Waals surface area contributed by atoms with Crippen LogP contribution in [0.3, 0.4) is 0 Å². The minimum absolute atomic E-state index is 0.0647. The Bertz CT molecular complexity index is 536. The highest BCUT2D eigenvalue weighted by atomic mass is 16.5. The molecule has 1 aromatic heterocycles. The summed E-state index contributed by atoms with van der Waals surface area (Å²) in [5, 5.41) is 3.47. The molecular weight excluding hydrogens is 240 g/mol. The third kappa shape index (κ3) is 3.35. The van der Waals surface area contributed by atoms with E-state index in [0.717, 1.165) is 11.5 Å². The smallest absolute Gasteiger partial charge is 0.211 e. The maximum atomic E-state index is 5.53.